The smallest absolute Gasteiger partial charge is 0.257 e. The van der Waals surface area contributed by atoms with E-state index >= 15 is 0 Å². The summed E-state index contributed by atoms with van der Waals surface area (Å²) in [6.45, 7) is 7.10. The van der Waals surface area contributed by atoms with Crippen LogP contribution in [0.3, 0.4) is 0 Å². The van der Waals surface area contributed by atoms with Crippen LogP contribution >= 0.6 is 12.2 Å². The van der Waals surface area contributed by atoms with Crippen LogP contribution in [-0.2, 0) is 12.0 Å². The minimum absolute atomic E-state index is 0.0697. The molecule has 0 saturated heterocycles. The zero-order chi connectivity index (χ0) is 17.7. The molecule has 0 aliphatic heterocycles. The Morgan fingerprint density at radius 1 is 1.04 bits per heavy atom. The highest BCUT2D eigenvalue weighted by molar-refractivity contribution is 7.80. The van der Waals surface area contributed by atoms with Crippen molar-refractivity contribution in [1.82, 2.24) is 10.2 Å². The van der Waals surface area contributed by atoms with E-state index in [1.165, 1.54) is 5.56 Å². The topological polar surface area (TPSA) is 32.3 Å². The largest absolute Gasteiger partial charge is 0.348 e. The standard InChI is InChI=1S/C20H24N2OS/c1-20(2,3)17-12-10-16(11-13-17)18(23)21-19(24)22(4)14-15-8-6-5-7-9-15/h5-13H,14H2,1-4H3,(H,21,23,24). The van der Waals surface area contributed by atoms with Crippen LogP contribution in [0.25, 0.3) is 0 Å². The molecule has 3 nitrogen and oxygen atoms in total. The van der Waals surface area contributed by atoms with Crippen LogP contribution in [0.5, 0.6) is 0 Å². The molecule has 4 heteroatoms. The quantitative estimate of drug-likeness (QED) is 0.853. The molecule has 0 radical (unpaired) electrons. The number of nitrogens with one attached hydrogen (secondary N) is 1. The summed E-state index contributed by atoms with van der Waals surface area (Å²) >= 11 is 5.33. The van der Waals surface area contributed by atoms with E-state index in [9.17, 15) is 4.79 Å². The van der Waals surface area contributed by atoms with E-state index in [0.29, 0.717) is 17.2 Å². The molecule has 0 heterocycles. The Hall–Kier alpha value is -2.20. The third-order valence-electron chi connectivity index (χ3n) is 3.84. The van der Waals surface area contributed by atoms with Crippen molar-refractivity contribution in [2.75, 3.05) is 7.05 Å². The molecule has 1 amide bonds. The molecule has 0 aliphatic carbocycles. The van der Waals surface area contributed by atoms with Gasteiger partial charge in [0.1, 0.15) is 0 Å². The Kier molecular flexibility index (Phi) is 5.73. The second-order valence-electron chi connectivity index (χ2n) is 6.93. The van der Waals surface area contributed by atoms with Gasteiger partial charge in [-0.25, -0.2) is 0 Å². The van der Waals surface area contributed by atoms with Gasteiger partial charge in [0.25, 0.3) is 5.91 Å². The van der Waals surface area contributed by atoms with Gasteiger partial charge in [-0.15, -0.1) is 0 Å². The molecule has 0 saturated carbocycles. The average molecular weight is 340 g/mol. The highest BCUT2D eigenvalue weighted by atomic mass is 32.1. The lowest BCUT2D eigenvalue weighted by molar-refractivity contribution is 0.0973. The molecule has 0 aliphatic rings. The van der Waals surface area contributed by atoms with Crippen molar-refractivity contribution in [2.45, 2.75) is 32.7 Å². The molecule has 24 heavy (non-hydrogen) atoms. The van der Waals surface area contributed by atoms with Crippen LogP contribution in [0.15, 0.2) is 54.6 Å². The van der Waals surface area contributed by atoms with E-state index in [-0.39, 0.29) is 11.3 Å². The van der Waals surface area contributed by atoms with E-state index in [1.807, 2.05) is 66.5 Å². The lowest BCUT2D eigenvalue weighted by Gasteiger charge is -2.21. The second kappa shape index (κ2) is 7.58. The van der Waals surface area contributed by atoms with Gasteiger partial charge in [0.15, 0.2) is 5.11 Å². The SMILES string of the molecule is CN(Cc1ccccc1)C(=S)NC(=O)c1ccc(C(C)(C)C)cc1. The molecular weight excluding hydrogens is 316 g/mol. The van der Waals surface area contributed by atoms with Crippen LogP contribution < -0.4 is 5.32 Å². The van der Waals surface area contributed by atoms with Gasteiger partial charge in [0.05, 0.1) is 0 Å². The molecular formula is C20H24N2OS. The number of benzene rings is 2. The van der Waals surface area contributed by atoms with Crippen molar-refractivity contribution in [3.63, 3.8) is 0 Å². The predicted octanol–water partition coefficient (Wildman–Crippen LogP) is 4.13. The third-order valence-corrected chi connectivity index (χ3v) is 4.26. The lowest BCUT2D eigenvalue weighted by Crippen LogP contribution is -2.40. The molecule has 2 rings (SSSR count). The van der Waals surface area contributed by atoms with Crippen LogP contribution in [0.1, 0.15) is 42.3 Å². The minimum atomic E-state index is -0.180. The molecule has 2 aromatic carbocycles. The van der Waals surface area contributed by atoms with Gasteiger partial charge in [0, 0.05) is 19.2 Å². The van der Waals surface area contributed by atoms with E-state index in [4.69, 9.17) is 12.2 Å². The molecule has 0 bridgehead atoms. The summed E-state index contributed by atoms with van der Waals surface area (Å²) in [5, 5.41) is 3.21. The lowest BCUT2D eigenvalue weighted by atomic mass is 9.87. The van der Waals surface area contributed by atoms with Crippen LogP contribution in [-0.4, -0.2) is 23.0 Å². The monoisotopic (exact) mass is 340 g/mol. The summed E-state index contributed by atoms with van der Waals surface area (Å²) in [5.74, 6) is -0.180. The summed E-state index contributed by atoms with van der Waals surface area (Å²) in [4.78, 5) is 14.2. The average Bonchev–Trinajstić information content (AvgIpc) is 2.55. The zero-order valence-corrected chi connectivity index (χ0v) is 15.5. The highest BCUT2D eigenvalue weighted by Gasteiger charge is 2.15. The first kappa shape index (κ1) is 18.1. The maximum Gasteiger partial charge on any atom is 0.257 e. The first-order chi connectivity index (χ1) is 11.3. The number of amides is 1. The summed E-state index contributed by atoms with van der Waals surface area (Å²) < 4.78 is 0. The van der Waals surface area contributed by atoms with Crippen molar-refractivity contribution in [3.8, 4) is 0 Å². The zero-order valence-electron chi connectivity index (χ0n) is 14.7. The summed E-state index contributed by atoms with van der Waals surface area (Å²) in [6, 6.07) is 17.7. The van der Waals surface area contributed by atoms with Gasteiger partial charge in [-0.3, -0.25) is 10.1 Å². The fraction of sp³-hybridized carbons (Fsp3) is 0.300. The molecule has 0 aromatic heterocycles. The highest BCUT2D eigenvalue weighted by Crippen LogP contribution is 2.22. The minimum Gasteiger partial charge on any atom is -0.348 e. The van der Waals surface area contributed by atoms with Gasteiger partial charge in [-0.05, 0) is 40.9 Å². The maximum absolute atomic E-state index is 12.3. The van der Waals surface area contributed by atoms with Gasteiger partial charge in [-0.2, -0.15) is 0 Å². The predicted molar refractivity (Wildman–Crippen MR) is 103 cm³/mol. The fourth-order valence-corrected chi connectivity index (χ4v) is 2.47. The van der Waals surface area contributed by atoms with Gasteiger partial charge in [-0.1, -0.05) is 63.2 Å². The molecule has 0 atom stereocenters. The molecule has 0 spiro atoms. The third kappa shape index (κ3) is 4.90. The number of carbonyl (C=O) groups excluding carboxylic acids is 1. The molecule has 126 valence electrons. The fourth-order valence-electron chi connectivity index (χ4n) is 2.32. The van der Waals surface area contributed by atoms with Crippen molar-refractivity contribution in [2.24, 2.45) is 0 Å². The van der Waals surface area contributed by atoms with Crippen molar-refractivity contribution in [1.29, 1.82) is 0 Å². The summed E-state index contributed by atoms with van der Waals surface area (Å²) in [5.41, 5.74) is 3.02. The van der Waals surface area contributed by atoms with Gasteiger partial charge in [0.2, 0.25) is 0 Å². The number of carbonyl (C=O) groups is 1. The van der Waals surface area contributed by atoms with Crippen LogP contribution in [0, 0.1) is 0 Å². The molecule has 2 aromatic rings. The Bertz CT molecular complexity index is 703. The summed E-state index contributed by atoms with van der Waals surface area (Å²) in [7, 11) is 1.87. The van der Waals surface area contributed by atoms with E-state index in [2.05, 4.69) is 26.1 Å². The number of rotatable bonds is 3. The normalized spacial score (nSPS) is 11.0. The summed E-state index contributed by atoms with van der Waals surface area (Å²) in [6.07, 6.45) is 0. The molecule has 0 unspecified atom stereocenters. The van der Waals surface area contributed by atoms with Crippen molar-refractivity contribution < 1.29 is 4.79 Å². The first-order valence-corrected chi connectivity index (χ1v) is 8.39. The van der Waals surface area contributed by atoms with Crippen molar-refractivity contribution in [3.05, 3.63) is 71.3 Å². The van der Waals surface area contributed by atoms with Crippen LogP contribution in [0.2, 0.25) is 0 Å². The van der Waals surface area contributed by atoms with E-state index in [0.717, 1.165) is 5.56 Å². The van der Waals surface area contributed by atoms with Gasteiger partial charge < -0.3 is 4.90 Å². The number of thiocarbonyl (C=S) groups is 1. The van der Waals surface area contributed by atoms with Crippen LogP contribution in [0.4, 0.5) is 0 Å². The second-order valence-corrected chi connectivity index (χ2v) is 7.31. The Labute approximate surface area is 149 Å². The molecule has 1 N–H and O–H groups in total. The van der Waals surface area contributed by atoms with Crippen molar-refractivity contribution >= 4 is 23.2 Å². The first-order valence-electron chi connectivity index (χ1n) is 7.98. The number of nitrogens with zero attached hydrogens (tertiary/aromatic N) is 1. The Morgan fingerprint density at radius 3 is 2.17 bits per heavy atom. The van der Waals surface area contributed by atoms with Gasteiger partial charge >= 0.3 is 0 Å². The molecule has 0 fully saturated rings. The maximum atomic E-state index is 12.3. The van der Waals surface area contributed by atoms with E-state index in [1.54, 1.807) is 0 Å². The number of hydrogen-bond acceptors (Lipinski definition) is 2. The Balaban J connectivity index is 1.97. The Morgan fingerprint density at radius 2 is 1.62 bits per heavy atom. The van der Waals surface area contributed by atoms with E-state index < -0.39 is 0 Å². The number of hydrogen-bond donors (Lipinski definition) is 1.